The van der Waals surface area contributed by atoms with E-state index in [1.54, 1.807) is 20.8 Å². The Kier molecular flexibility index (Phi) is 4.99. The van der Waals surface area contributed by atoms with Gasteiger partial charge < -0.3 is 9.84 Å². The van der Waals surface area contributed by atoms with E-state index in [-0.39, 0.29) is 5.97 Å². The molecule has 0 aromatic carbocycles. The Morgan fingerprint density at radius 1 is 1.46 bits per heavy atom. The maximum absolute atomic E-state index is 11.4. The van der Waals surface area contributed by atoms with Gasteiger partial charge in [-0.3, -0.25) is 4.79 Å². The van der Waals surface area contributed by atoms with Crippen molar-refractivity contribution in [1.29, 1.82) is 0 Å². The number of ether oxygens (including phenoxy) is 1. The number of carbonyl (C=O) groups is 1. The highest BCUT2D eigenvalue weighted by Gasteiger charge is 2.36. The van der Waals surface area contributed by atoms with E-state index < -0.39 is 11.5 Å². The summed E-state index contributed by atoms with van der Waals surface area (Å²) in [7, 11) is 0. The van der Waals surface area contributed by atoms with Crippen molar-refractivity contribution in [3.63, 3.8) is 0 Å². The lowest BCUT2D eigenvalue weighted by Crippen LogP contribution is -2.38. The van der Waals surface area contributed by atoms with Crippen LogP contribution in [0.1, 0.15) is 40.5 Å². The fraction of sp³-hybridized carbons (Fsp3) is 0.900. The highest BCUT2D eigenvalue weighted by Crippen LogP contribution is 2.25. The molecule has 0 aliphatic heterocycles. The van der Waals surface area contributed by atoms with Gasteiger partial charge in [0.15, 0.2) is 0 Å². The number of aliphatic hydroxyl groups is 1. The summed E-state index contributed by atoms with van der Waals surface area (Å²) in [6, 6.07) is 0. The minimum Gasteiger partial charge on any atom is -0.466 e. The molecule has 0 spiro atoms. The summed E-state index contributed by atoms with van der Waals surface area (Å²) in [5.41, 5.74) is -0.786. The molecule has 0 bridgehead atoms. The Hall–Kier alpha value is -0.570. The molecule has 3 nitrogen and oxygen atoms in total. The molecule has 13 heavy (non-hydrogen) atoms. The smallest absolute Gasteiger partial charge is 0.314 e. The minimum atomic E-state index is -0.786. The van der Waals surface area contributed by atoms with Crippen LogP contribution in [0.5, 0.6) is 0 Å². The maximum atomic E-state index is 11.4. The minimum absolute atomic E-state index is 0.323. The van der Waals surface area contributed by atoms with Gasteiger partial charge in [-0.05, 0) is 27.2 Å². The zero-order valence-corrected chi connectivity index (χ0v) is 8.96. The third-order valence-electron chi connectivity index (χ3n) is 2.20. The first-order chi connectivity index (χ1) is 5.96. The molecule has 0 aromatic heterocycles. The predicted octanol–water partition coefficient (Wildman–Crippen LogP) is 1.74. The second kappa shape index (κ2) is 5.22. The van der Waals surface area contributed by atoms with Gasteiger partial charge in [0.2, 0.25) is 0 Å². The van der Waals surface area contributed by atoms with E-state index in [4.69, 9.17) is 4.74 Å². The molecule has 0 fully saturated rings. The number of carbonyl (C=O) groups excluding carboxylic acids is 1. The lowest BCUT2D eigenvalue weighted by Gasteiger charge is -2.27. The van der Waals surface area contributed by atoms with Crippen LogP contribution in [0.3, 0.4) is 0 Å². The third-order valence-corrected chi connectivity index (χ3v) is 2.20. The van der Waals surface area contributed by atoms with E-state index >= 15 is 0 Å². The Balaban J connectivity index is 4.26. The molecule has 3 heteroatoms. The standard InChI is InChI=1S/C10H20O3/c1-5-7-8(11)10(3,4)9(12)13-6-2/h8,11H,5-7H2,1-4H3/t8-/m1/s1. The second-order valence-corrected chi connectivity index (χ2v) is 3.75. The Labute approximate surface area is 80.1 Å². The zero-order valence-electron chi connectivity index (χ0n) is 8.96. The Morgan fingerprint density at radius 2 is 2.00 bits per heavy atom. The predicted molar refractivity (Wildman–Crippen MR) is 51.3 cm³/mol. The number of rotatable bonds is 5. The molecular formula is C10H20O3. The average Bonchev–Trinajstić information content (AvgIpc) is 2.05. The summed E-state index contributed by atoms with van der Waals surface area (Å²) < 4.78 is 4.88. The molecule has 0 amide bonds. The topological polar surface area (TPSA) is 46.5 Å². The molecule has 0 aromatic rings. The van der Waals surface area contributed by atoms with Gasteiger partial charge >= 0.3 is 5.97 Å². The van der Waals surface area contributed by atoms with E-state index in [0.29, 0.717) is 13.0 Å². The van der Waals surface area contributed by atoms with Crippen molar-refractivity contribution < 1.29 is 14.6 Å². The highest BCUT2D eigenvalue weighted by molar-refractivity contribution is 5.76. The molecule has 0 aliphatic carbocycles. The Morgan fingerprint density at radius 3 is 2.38 bits per heavy atom. The van der Waals surface area contributed by atoms with Gasteiger partial charge in [0.05, 0.1) is 18.1 Å². The first-order valence-corrected chi connectivity index (χ1v) is 4.82. The van der Waals surface area contributed by atoms with Crippen LogP contribution in [0, 0.1) is 5.41 Å². The lowest BCUT2D eigenvalue weighted by molar-refractivity contribution is -0.160. The second-order valence-electron chi connectivity index (χ2n) is 3.75. The number of hydrogen-bond donors (Lipinski definition) is 1. The number of aliphatic hydroxyl groups excluding tert-OH is 1. The first kappa shape index (κ1) is 12.4. The highest BCUT2D eigenvalue weighted by atomic mass is 16.5. The number of esters is 1. The first-order valence-electron chi connectivity index (χ1n) is 4.82. The van der Waals surface area contributed by atoms with Crippen LogP contribution < -0.4 is 0 Å². The van der Waals surface area contributed by atoms with Gasteiger partial charge in [0.1, 0.15) is 0 Å². The van der Waals surface area contributed by atoms with E-state index in [9.17, 15) is 9.90 Å². The number of hydrogen-bond acceptors (Lipinski definition) is 3. The van der Waals surface area contributed by atoms with E-state index in [1.165, 1.54) is 0 Å². The molecule has 0 radical (unpaired) electrons. The molecular weight excluding hydrogens is 168 g/mol. The molecule has 1 N–H and O–H groups in total. The monoisotopic (exact) mass is 188 g/mol. The summed E-state index contributed by atoms with van der Waals surface area (Å²) in [5.74, 6) is -0.323. The van der Waals surface area contributed by atoms with Gasteiger partial charge in [-0.1, -0.05) is 13.3 Å². The van der Waals surface area contributed by atoms with Crippen LogP contribution in [0.25, 0.3) is 0 Å². The summed E-state index contributed by atoms with van der Waals surface area (Å²) in [4.78, 5) is 11.4. The molecule has 78 valence electrons. The molecule has 0 aliphatic rings. The summed E-state index contributed by atoms with van der Waals surface area (Å²) in [5, 5.41) is 9.67. The Bertz CT molecular complexity index is 164. The van der Waals surface area contributed by atoms with E-state index in [0.717, 1.165) is 6.42 Å². The third kappa shape index (κ3) is 3.35. The molecule has 0 unspecified atom stereocenters. The molecule has 0 saturated carbocycles. The zero-order chi connectivity index (χ0) is 10.5. The van der Waals surface area contributed by atoms with Crippen molar-refractivity contribution in [1.82, 2.24) is 0 Å². The van der Waals surface area contributed by atoms with Crippen molar-refractivity contribution in [2.45, 2.75) is 46.6 Å². The van der Waals surface area contributed by atoms with Gasteiger partial charge in [-0.15, -0.1) is 0 Å². The van der Waals surface area contributed by atoms with Crippen LogP contribution in [-0.4, -0.2) is 23.8 Å². The van der Waals surface area contributed by atoms with Gasteiger partial charge in [-0.25, -0.2) is 0 Å². The van der Waals surface area contributed by atoms with E-state index in [1.807, 2.05) is 6.92 Å². The molecule has 0 rings (SSSR count). The molecule has 0 heterocycles. The van der Waals surface area contributed by atoms with Crippen LogP contribution >= 0.6 is 0 Å². The van der Waals surface area contributed by atoms with Gasteiger partial charge in [0.25, 0.3) is 0 Å². The van der Waals surface area contributed by atoms with Gasteiger partial charge in [0, 0.05) is 0 Å². The van der Waals surface area contributed by atoms with Crippen molar-refractivity contribution in [3.8, 4) is 0 Å². The normalized spacial score (nSPS) is 13.9. The largest absolute Gasteiger partial charge is 0.466 e. The fourth-order valence-electron chi connectivity index (χ4n) is 1.09. The maximum Gasteiger partial charge on any atom is 0.314 e. The van der Waals surface area contributed by atoms with E-state index in [2.05, 4.69) is 0 Å². The van der Waals surface area contributed by atoms with Crippen molar-refractivity contribution >= 4 is 5.97 Å². The quantitative estimate of drug-likeness (QED) is 0.668. The molecule has 0 saturated heterocycles. The average molecular weight is 188 g/mol. The van der Waals surface area contributed by atoms with Crippen LogP contribution in [0.4, 0.5) is 0 Å². The summed E-state index contributed by atoms with van der Waals surface area (Å²) in [6.45, 7) is 7.53. The SMILES string of the molecule is CCC[C@@H](O)C(C)(C)C(=O)OCC. The van der Waals surface area contributed by atoms with Crippen molar-refractivity contribution in [2.75, 3.05) is 6.61 Å². The van der Waals surface area contributed by atoms with Crippen LogP contribution in [0.2, 0.25) is 0 Å². The fourth-order valence-corrected chi connectivity index (χ4v) is 1.09. The summed E-state index contributed by atoms with van der Waals surface area (Å²) in [6.07, 6.45) is 0.882. The van der Waals surface area contributed by atoms with Crippen molar-refractivity contribution in [3.05, 3.63) is 0 Å². The summed E-state index contributed by atoms with van der Waals surface area (Å²) >= 11 is 0. The lowest BCUT2D eigenvalue weighted by atomic mass is 9.84. The van der Waals surface area contributed by atoms with Gasteiger partial charge in [-0.2, -0.15) is 0 Å². The molecule has 1 atom stereocenters. The van der Waals surface area contributed by atoms with Crippen LogP contribution in [-0.2, 0) is 9.53 Å². The van der Waals surface area contributed by atoms with Crippen molar-refractivity contribution in [2.24, 2.45) is 5.41 Å². The van der Waals surface area contributed by atoms with Crippen LogP contribution in [0.15, 0.2) is 0 Å².